The van der Waals surface area contributed by atoms with Gasteiger partial charge in [-0.15, -0.1) is 0 Å². The van der Waals surface area contributed by atoms with Gasteiger partial charge in [0.15, 0.2) is 0 Å². The van der Waals surface area contributed by atoms with E-state index in [9.17, 15) is 19.3 Å². The number of nitro benzene ring substituents is 1. The number of benzene rings is 1. The lowest BCUT2D eigenvalue weighted by atomic mass is 10.1. The van der Waals surface area contributed by atoms with Crippen LogP contribution >= 0.6 is 0 Å². The Hall–Kier alpha value is -2.02. The van der Waals surface area contributed by atoms with Crippen molar-refractivity contribution < 1.29 is 19.2 Å². The van der Waals surface area contributed by atoms with Gasteiger partial charge in [-0.05, 0) is 20.0 Å². The third kappa shape index (κ3) is 3.24. The Labute approximate surface area is 103 Å². The van der Waals surface area contributed by atoms with Gasteiger partial charge in [-0.3, -0.25) is 19.8 Å². The molecular weight excluding hydrogens is 243 g/mol. The SMILES string of the molecule is CC(C(=O)O)N(C)Cc1ccc([N+](=O)[O-])cc1F. The van der Waals surface area contributed by atoms with Gasteiger partial charge in [-0.25, -0.2) is 4.39 Å². The summed E-state index contributed by atoms with van der Waals surface area (Å²) in [4.78, 5) is 21.9. The number of hydrogen-bond donors (Lipinski definition) is 1. The second-order valence-corrected chi connectivity index (χ2v) is 3.96. The van der Waals surface area contributed by atoms with Crippen molar-refractivity contribution in [2.45, 2.75) is 19.5 Å². The molecule has 0 aliphatic heterocycles. The molecule has 0 bridgehead atoms. The lowest BCUT2D eigenvalue weighted by molar-refractivity contribution is -0.385. The van der Waals surface area contributed by atoms with Gasteiger partial charge in [0, 0.05) is 18.2 Å². The molecule has 0 aliphatic rings. The van der Waals surface area contributed by atoms with Crippen LogP contribution in [0.4, 0.5) is 10.1 Å². The quantitative estimate of drug-likeness (QED) is 0.639. The fraction of sp³-hybridized carbons (Fsp3) is 0.364. The summed E-state index contributed by atoms with van der Waals surface area (Å²) in [6, 6.07) is 2.55. The summed E-state index contributed by atoms with van der Waals surface area (Å²) >= 11 is 0. The second-order valence-electron chi connectivity index (χ2n) is 3.96. The number of likely N-dealkylation sites (N-methyl/N-ethyl adjacent to an activating group) is 1. The van der Waals surface area contributed by atoms with Crippen LogP contribution in [0.1, 0.15) is 12.5 Å². The highest BCUT2D eigenvalue weighted by molar-refractivity contribution is 5.72. The zero-order chi connectivity index (χ0) is 13.9. The number of hydrogen-bond acceptors (Lipinski definition) is 4. The number of carbonyl (C=O) groups is 1. The molecule has 1 aromatic rings. The lowest BCUT2D eigenvalue weighted by Gasteiger charge is -2.21. The Morgan fingerprint density at radius 1 is 1.61 bits per heavy atom. The van der Waals surface area contributed by atoms with Crippen LogP contribution in [-0.4, -0.2) is 34.0 Å². The molecule has 0 spiro atoms. The Morgan fingerprint density at radius 2 is 2.22 bits per heavy atom. The average molecular weight is 256 g/mol. The minimum atomic E-state index is -1.01. The maximum atomic E-state index is 13.6. The molecule has 0 saturated heterocycles. The average Bonchev–Trinajstić information content (AvgIpc) is 2.30. The minimum absolute atomic E-state index is 0.0668. The predicted octanol–water partition coefficient (Wildman–Crippen LogP) is 1.64. The number of rotatable bonds is 5. The van der Waals surface area contributed by atoms with Gasteiger partial charge in [-0.1, -0.05) is 0 Å². The molecule has 1 atom stereocenters. The van der Waals surface area contributed by atoms with Gasteiger partial charge in [0.2, 0.25) is 0 Å². The first-order valence-corrected chi connectivity index (χ1v) is 5.18. The summed E-state index contributed by atoms with van der Waals surface area (Å²) in [5, 5.41) is 19.2. The van der Waals surface area contributed by atoms with Gasteiger partial charge >= 0.3 is 5.97 Å². The molecule has 0 amide bonds. The van der Waals surface area contributed by atoms with E-state index in [-0.39, 0.29) is 17.8 Å². The highest BCUT2D eigenvalue weighted by atomic mass is 19.1. The van der Waals surface area contributed by atoms with Crippen molar-refractivity contribution in [3.05, 3.63) is 39.7 Å². The predicted molar refractivity (Wildman–Crippen MR) is 61.6 cm³/mol. The highest BCUT2D eigenvalue weighted by Crippen LogP contribution is 2.18. The molecule has 0 heterocycles. The van der Waals surface area contributed by atoms with Gasteiger partial charge in [0.1, 0.15) is 11.9 Å². The number of halogens is 1. The molecule has 18 heavy (non-hydrogen) atoms. The summed E-state index contributed by atoms with van der Waals surface area (Å²) in [7, 11) is 1.54. The molecule has 1 rings (SSSR count). The van der Waals surface area contributed by atoms with E-state index in [0.717, 1.165) is 6.07 Å². The zero-order valence-corrected chi connectivity index (χ0v) is 9.96. The monoisotopic (exact) mass is 256 g/mol. The first-order valence-electron chi connectivity index (χ1n) is 5.18. The van der Waals surface area contributed by atoms with Crippen LogP contribution in [0.15, 0.2) is 18.2 Å². The summed E-state index contributed by atoms with van der Waals surface area (Å²) in [6.07, 6.45) is 0. The van der Waals surface area contributed by atoms with E-state index in [1.807, 2.05) is 0 Å². The van der Waals surface area contributed by atoms with Gasteiger partial charge in [0.25, 0.3) is 5.69 Å². The van der Waals surface area contributed by atoms with Crippen LogP contribution < -0.4 is 0 Å². The van der Waals surface area contributed by atoms with Gasteiger partial charge in [0.05, 0.1) is 11.0 Å². The molecule has 98 valence electrons. The molecule has 7 heteroatoms. The van der Waals surface area contributed by atoms with Crippen LogP contribution in [0, 0.1) is 15.9 Å². The standard InChI is InChI=1S/C11H13FN2O4/c1-7(11(15)16)13(2)6-8-3-4-9(14(17)18)5-10(8)12/h3-5,7H,6H2,1-2H3,(H,15,16). The van der Waals surface area contributed by atoms with E-state index in [1.54, 1.807) is 7.05 Å². The molecule has 1 aromatic carbocycles. The van der Waals surface area contributed by atoms with Crippen molar-refractivity contribution >= 4 is 11.7 Å². The van der Waals surface area contributed by atoms with E-state index in [4.69, 9.17) is 5.11 Å². The summed E-state index contributed by atoms with van der Waals surface area (Å²) < 4.78 is 13.6. The number of aliphatic carboxylic acids is 1. The van der Waals surface area contributed by atoms with Crippen LogP contribution in [0.3, 0.4) is 0 Å². The zero-order valence-electron chi connectivity index (χ0n) is 9.96. The summed E-state index contributed by atoms with van der Waals surface area (Å²) in [5.74, 6) is -1.73. The summed E-state index contributed by atoms with van der Waals surface area (Å²) in [5.41, 5.74) is -0.110. The first-order chi connectivity index (χ1) is 8.32. The third-order valence-corrected chi connectivity index (χ3v) is 2.69. The Kier molecular flexibility index (Phi) is 4.33. The Balaban J connectivity index is 2.86. The topological polar surface area (TPSA) is 83.7 Å². The largest absolute Gasteiger partial charge is 0.480 e. The second kappa shape index (κ2) is 5.54. The van der Waals surface area contributed by atoms with E-state index < -0.39 is 22.8 Å². The third-order valence-electron chi connectivity index (χ3n) is 2.69. The molecule has 0 aliphatic carbocycles. The van der Waals surface area contributed by atoms with Crippen molar-refractivity contribution in [2.75, 3.05) is 7.05 Å². The van der Waals surface area contributed by atoms with Crippen LogP contribution in [0.2, 0.25) is 0 Å². The van der Waals surface area contributed by atoms with E-state index >= 15 is 0 Å². The number of carboxylic acid groups (broad SMARTS) is 1. The molecule has 0 fully saturated rings. The van der Waals surface area contributed by atoms with Crippen LogP contribution in [-0.2, 0) is 11.3 Å². The number of carboxylic acids is 1. The van der Waals surface area contributed by atoms with Crippen molar-refractivity contribution in [1.29, 1.82) is 0 Å². The maximum Gasteiger partial charge on any atom is 0.320 e. The lowest BCUT2D eigenvalue weighted by Crippen LogP contribution is -2.35. The van der Waals surface area contributed by atoms with E-state index in [1.165, 1.54) is 24.0 Å². The van der Waals surface area contributed by atoms with Crippen LogP contribution in [0.5, 0.6) is 0 Å². The molecule has 1 unspecified atom stereocenters. The Morgan fingerprint density at radius 3 is 2.67 bits per heavy atom. The molecule has 0 aromatic heterocycles. The summed E-state index contributed by atoms with van der Waals surface area (Å²) in [6.45, 7) is 1.54. The van der Waals surface area contributed by atoms with E-state index in [0.29, 0.717) is 0 Å². The highest BCUT2D eigenvalue weighted by Gasteiger charge is 2.19. The minimum Gasteiger partial charge on any atom is -0.480 e. The van der Waals surface area contributed by atoms with Crippen molar-refractivity contribution in [3.8, 4) is 0 Å². The Bertz CT molecular complexity index is 478. The number of non-ortho nitro benzene ring substituents is 1. The first kappa shape index (κ1) is 14.0. The van der Waals surface area contributed by atoms with Crippen molar-refractivity contribution in [1.82, 2.24) is 4.90 Å². The molecule has 1 N–H and O–H groups in total. The molecule has 0 radical (unpaired) electrons. The molecule has 0 saturated carbocycles. The smallest absolute Gasteiger partial charge is 0.320 e. The molecular formula is C11H13FN2O4. The van der Waals surface area contributed by atoms with Gasteiger partial charge in [-0.2, -0.15) is 0 Å². The number of nitrogens with zero attached hydrogens (tertiary/aromatic N) is 2. The fourth-order valence-corrected chi connectivity index (χ4v) is 1.37. The normalized spacial score (nSPS) is 12.4. The van der Waals surface area contributed by atoms with Gasteiger partial charge < -0.3 is 5.11 Å². The van der Waals surface area contributed by atoms with Crippen molar-refractivity contribution in [3.63, 3.8) is 0 Å². The van der Waals surface area contributed by atoms with E-state index in [2.05, 4.69) is 0 Å². The van der Waals surface area contributed by atoms with Crippen molar-refractivity contribution in [2.24, 2.45) is 0 Å². The fourth-order valence-electron chi connectivity index (χ4n) is 1.37. The van der Waals surface area contributed by atoms with Crippen LogP contribution in [0.25, 0.3) is 0 Å². The molecule has 6 nitrogen and oxygen atoms in total. The number of nitro groups is 1. The maximum absolute atomic E-state index is 13.6.